The Labute approximate surface area is 188 Å². The molecule has 0 spiro atoms. The zero-order valence-corrected chi connectivity index (χ0v) is 17.9. The van der Waals surface area contributed by atoms with Crippen molar-refractivity contribution in [2.45, 2.75) is 6.54 Å². The highest BCUT2D eigenvalue weighted by Crippen LogP contribution is 2.21. The lowest BCUT2D eigenvalue weighted by Gasteiger charge is -2.08. The van der Waals surface area contributed by atoms with Gasteiger partial charge in [0, 0.05) is 11.6 Å². The number of hydrogen-bond acceptors (Lipinski definition) is 7. The van der Waals surface area contributed by atoms with Crippen LogP contribution in [0.5, 0.6) is 11.6 Å². The summed E-state index contributed by atoms with van der Waals surface area (Å²) < 4.78 is 14.4. The molecule has 10 nitrogen and oxygen atoms in total. The summed E-state index contributed by atoms with van der Waals surface area (Å²) in [6.07, 6.45) is 1.67. The molecule has 0 atom stereocenters. The fourth-order valence-electron chi connectivity index (χ4n) is 3.46. The highest BCUT2D eigenvalue weighted by Gasteiger charge is 2.11. The van der Waals surface area contributed by atoms with E-state index < -0.39 is 0 Å². The lowest BCUT2D eigenvalue weighted by molar-refractivity contribution is -0.121. The van der Waals surface area contributed by atoms with Crippen LogP contribution in [0.4, 0.5) is 0 Å². The predicted molar refractivity (Wildman–Crippen MR) is 121 cm³/mol. The first-order valence-electron chi connectivity index (χ1n) is 10.4. The van der Waals surface area contributed by atoms with Crippen LogP contribution in [-0.2, 0) is 11.3 Å². The van der Waals surface area contributed by atoms with Crippen LogP contribution in [-0.4, -0.2) is 55.5 Å². The molecule has 0 aliphatic carbocycles. The third kappa shape index (κ3) is 4.31. The van der Waals surface area contributed by atoms with E-state index in [1.54, 1.807) is 30.1 Å². The molecule has 0 unspecified atom stereocenters. The van der Waals surface area contributed by atoms with Crippen molar-refractivity contribution < 1.29 is 14.3 Å². The summed E-state index contributed by atoms with van der Waals surface area (Å²) in [5, 5.41) is 15.7. The minimum Gasteiger partial charge on any atom is -0.497 e. The first-order chi connectivity index (χ1) is 16.2. The van der Waals surface area contributed by atoms with Crippen molar-refractivity contribution in [3.63, 3.8) is 0 Å². The van der Waals surface area contributed by atoms with E-state index in [1.807, 2.05) is 53.1 Å². The van der Waals surface area contributed by atoms with Gasteiger partial charge in [-0.15, -0.1) is 15.3 Å². The number of hydrogen-bond donors (Lipinski definition) is 1. The molecule has 0 aliphatic rings. The number of amides is 1. The molecule has 1 N–H and O–H groups in total. The molecule has 0 saturated heterocycles. The summed E-state index contributed by atoms with van der Waals surface area (Å²) in [7, 11) is 1.62. The third-order valence-corrected chi connectivity index (χ3v) is 5.10. The molecule has 0 fully saturated rings. The van der Waals surface area contributed by atoms with Crippen molar-refractivity contribution in [3.05, 3.63) is 67.0 Å². The van der Waals surface area contributed by atoms with Crippen LogP contribution in [0.15, 0.2) is 67.0 Å². The van der Waals surface area contributed by atoms with E-state index >= 15 is 0 Å². The molecule has 10 heteroatoms. The fraction of sp³-hybridized carbons (Fsp3) is 0.174. The second-order valence-electron chi connectivity index (χ2n) is 7.25. The first kappa shape index (κ1) is 20.4. The van der Waals surface area contributed by atoms with Crippen LogP contribution in [0.2, 0.25) is 0 Å². The molecule has 0 aliphatic heterocycles. The molecule has 2 aromatic carbocycles. The predicted octanol–water partition coefficient (Wildman–Crippen LogP) is 2.34. The van der Waals surface area contributed by atoms with E-state index in [9.17, 15) is 4.79 Å². The summed E-state index contributed by atoms with van der Waals surface area (Å²) in [4.78, 5) is 16.6. The molecule has 166 valence electrons. The Hall–Kier alpha value is -4.47. The molecule has 5 aromatic rings. The van der Waals surface area contributed by atoms with Crippen LogP contribution in [0, 0.1) is 0 Å². The number of carbonyl (C=O) groups is 1. The van der Waals surface area contributed by atoms with Crippen LogP contribution in [0.25, 0.3) is 28.1 Å². The largest absolute Gasteiger partial charge is 0.497 e. The Balaban J connectivity index is 1.19. The number of methoxy groups -OCH3 is 1. The van der Waals surface area contributed by atoms with Crippen LogP contribution in [0.1, 0.15) is 0 Å². The molecule has 3 aromatic heterocycles. The Morgan fingerprint density at radius 3 is 2.73 bits per heavy atom. The van der Waals surface area contributed by atoms with E-state index in [2.05, 4.69) is 25.6 Å². The lowest BCUT2D eigenvalue weighted by Crippen LogP contribution is -2.31. The number of nitrogens with one attached hydrogen (secondary N) is 1. The number of fused-ring (bicyclic) bond motifs is 2. The third-order valence-electron chi connectivity index (χ3n) is 5.10. The van der Waals surface area contributed by atoms with Crippen LogP contribution >= 0.6 is 0 Å². The van der Waals surface area contributed by atoms with E-state index in [1.165, 1.54) is 0 Å². The average Bonchev–Trinajstić information content (AvgIpc) is 3.46. The van der Waals surface area contributed by atoms with Gasteiger partial charge in [-0.2, -0.15) is 4.52 Å². The van der Waals surface area contributed by atoms with Crippen molar-refractivity contribution >= 4 is 22.6 Å². The molecule has 1 amide bonds. The van der Waals surface area contributed by atoms with E-state index in [4.69, 9.17) is 9.47 Å². The summed E-state index contributed by atoms with van der Waals surface area (Å²) in [5.74, 6) is 1.64. The standard InChI is InChI=1S/C23H21N7O3/c1-32-17-8-6-16(7-9-17)23-27-26-20-10-11-22(28-30(20)23)33-13-12-24-21(31)14-29-15-25-18-4-2-3-5-19(18)29/h2-11,15H,12-14H2,1H3,(H,24,31). The van der Waals surface area contributed by atoms with Gasteiger partial charge in [-0.1, -0.05) is 12.1 Å². The van der Waals surface area contributed by atoms with Gasteiger partial charge in [0.05, 0.1) is 31.0 Å². The highest BCUT2D eigenvalue weighted by atomic mass is 16.5. The SMILES string of the molecule is COc1ccc(-c2nnc3ccc(OCCNC(=O)Cn4cnc5ccccc54)nn23)cc1. The summed E-state index contributed by atoms with van der Waals surface area (Å²) >= 11 is 0. The summed E-state index contributed by atoms with van der Waals surface area (Å²) in [5.41, 5.74) is 3.24. The zero-order chi connectivity index (χ0) is 22.6. The van der Waals surface area contributed by atoms with Crippen molar-refractivity contribution in [3.8, 4) is 23.0 Å². The van der Waals surface area contributed by atoms with Crippen molar-refractivity contribution in [1.29, 1.82) is 0 Å². The van der Waals surface area contributed by atoms with Gasteiger partial charge in [-0.3, -0.25) is 4.79 Å². The second kappa shape index (κ2) is 8.95. The fourth-order valence-corrected chi connectivity index (χ4v) is 3.46. The summed E-state index contributed by atoms with van der Waals surface area (Å²) in [6.45, 7) is 0.810. The lowest BCUT2D eigenvalue weighted by atomic mass is 10.2. The first-order valence-corrected chi connectivity index (χ1v) is 10.4. The number of para-hydroxylation sites is 2. The van der Waals surface area contributed by atoms with Gasteiger partial charge >= 0.3 is 0 Å². The van der Waals surface area contributed by atoms with Crippen molar-refractivity contribution in [2.75, 3.05) is 20.3 Å². The zero-order valence-electron chi connectivity index (χ0n) is 17.9. The van der Waals surface area contributed by atoms with Crippen LogP contribution in [0.3, 0.4) is 0 Å². The molecule has 5 rings (SSSR count). The number of benzene rings is 2. The van der Waals surface area contributed by atoms with E-state index in [-0.39, 0.29) is 19.1 Å². The normalized spacial score (nSPS) is 11.1. The molecule has 0 bridgehead atoms. The maximum absolute atomic E-state index is 12.3. The molecular formula is C23H21N7O3. The second-order valence-corrected chi connectivity index (χ2v) is 7.25. The maximum atomic E-state index is 12.3. The molecule has 0 radical (unpaired) electrons. The smallest absolute Gasteiger partial charge is 0.240 e. The monoisotopic (exact) mass is 443 g/mol. The minimum atomic E-state index is -0.120. The molecule has 3 heterocycles. The van der Waals surface area contributed by atoms with Gasteiger partial charge in [-0.25, -0.2) is 4.98 Å². The van der Waals surface area contributed by atoms with E-state index in [0.29, 0.717) is 23.9 Å². The van der Waals surface area contributed by atoms with Gasteiger partial charge in [0.2, 0.25) is 11.8 Å². The number of carbonyl (C=O) groups excluding carboxylic acids is 1. The average molecular weight is 443 g/mol. The number of imidazole rings is 1. The van der Waals surface area contributed by atoms with Gasteiger partial charge in [-0.05, 0) is 42.5 Å². The van der Waals surface area contributed by atoms with Gasteiger partial charge in [0.15, 0.2) is 11.5 Å². The molecular weight excluding hydrogens is 422 g/mol. The van der Waals surface area contributed by atoms with Gasteiger partial charge in [0.1, 0.15) is 18.9 Å². The topological polar surface area (TPSA) is 108 Å². The maximum Gasteiger partial charge on any atom is 0.240 e. The van der Waals surface area contributed by atoms with Crippen molar-refractivity contribution in [1.82, 2.24) is 34.7 Å². The Morgan fingerprint density at radius 1 is 1.03 bits per heavy atom. The summed E-state index contributed by atoms with van der Waals surface area (Å²) in [6, 6.07) is 18.7. The van der Waals surface area contributed by atoms with Gasteiger partial charge < -0.3 is 19.4 Å². The Morgan fingerprint density at radius 2 is 1.88 bits per heavy atom. The minimum absolute atomic E-state index is 0.120. The number of rotatable bonds is 8. The van der Waals surface area contributed by atoms with Gasteiger partial charge in [0.25, 0.3) is 0 Å². The Kier molecular flexibility index (Phi) is 5.54. The van der Waals surface area contributed by atoms with E-state index in [0.717, 1.165) is 22.3 Å². The number of nitrogens with zero attached hydrogens (tertiary/aromatic N) is 6. The molecule has 33 heavy (non-hydrogen) atoms. The number of aromatic nitrogens is 6. The highest BCUT2D eigenvalue weighted by molar-refractivity contribution is 5.80. The quantitative estimate of drug-likeness (QED) is 0.367. The number of ether oxygens (including phenoxy) is 2. The molecule has 0 saturated carbocycles. The Bertz CT molecular complexity index is 1410. The van der Waals surface area contributed by atoms with Crippen molar-refractivity contribution in [2.24, 2.45) is 0 Å². The van der Waals surface area contributed by atoms with Crippen LogP contribution < -0.4 is 14.8 Å².